The third kappa shape index (κ3) is 3.58. The molecule has 0 saturated carbocycles. The minimum Gasteiger partial charge on any atom is -0.444 e. The van der Waals surface area contributed by atoms with Crippen molar-refractivity contribution in [2.75, 3.05) is 5.73 Å². The van der Waals surface area contributed by atoms with Crippen molar-refractivity contribution in [2.24, 2.45) is 0 Å². The Labute approximate surface area is 134 Å². The van der Waals surface area contributed by atoms with E-state index in [1.165, 1.54) is 11.8 Å². The predicted molar refractivity (Wildman–Crippen MR) is 88.7 cm³/mol. The zero-order valence-electron chi connectivity index (χ0n) is 12.7. The minimum absolute atomic E-state index is 0.254. The topological polar surface area (TPSA) is 81.2 Å². The number of hydrogen-bond donors (Lipinski definition) is 2. The van der Waals surface area contributed by atoms with Gasteiger partial charge in [-0.2, -0.15) is 0 Å². The van der Waals surface area contributed by atoms with E-state index < -0.39 is 0 Å². The fourth-order valence-corrected chi connectivity index (χ4v) is 2.12. The number of amides is 1. The normalized spacial score (nSPS) is 10.5. The third-order valence-electron chi connectivity index (χ3n) is 3.47. The summed E-state index contributed by atoms with van der Waals surface area (Å²) in [6.45, 7) is 2.47. The molecular weight excluding hydrogens is 290 g/mol. The van der Waals surface area contributed by atoms with Gasteiger partial charge in [-0.3, -0.25) is 4.79 Å². The van der Waals surface area contributed by atoms with Crippen LogP contribution in [0.2, 0.25) is 0 Å². The van der Waals surface area contributed by atoms with Crippen molar-refractivity contribution in [2.45, 2.75) is 13.5 Å². The predicted octanol–water partition coefficient (Wildman–Crippen LogP) is 3.16. The Kier molecular flexibility index (Phi) is 4.10. The van der Waals surface area contributed by atoms with E-state index in [9.17, 15) is 4.79 Å². The van der Waals surface area contributed by atoms with E-state index in [2.05, 4.69) is 10.3 Å². The molecule has 3 N–H and O–H groups in total. The van der Waals surface area contributed by atoms with Gasteiger partial charge in [0.2, 0.25) is 5.89 Å². The van der Waals surface area contributed by atoms with Gasteiger partial charge in [0.05, 0.1) is 0 Å². The van der Waals surface area contributed by atoms with Crippen molar-refractivity contribution in [1.29, 1.82) is 0 Å². The summed E-state index contributed by atoms with van der Waals surface area (Å²) in [4.78, 5) is 16.3. The highest BCUT2D eigenvalue weighted by molar-refractivity contribution is 5.92. The van der Waals surface area contributed by atoms with E-state index in [4.69, 9.17) is 10.2 Å². The van der Waals surface area contributed by atoms with Crippen LogP contribution in [0.3, 0.4) is 0 Å². The smallest absolute Gasteiger partial charge is 0.273 e. The summed E-state index contributed by atoms with van der Waals surface area (Å²) in [7, 11) is 0. The van der Waals surface area contributed by atoms with Gasteiger partial charge in [0, 0.05) is 17.8 Å². The van der Waals surface area contributed by atoms with Crippen LogP contribution >= 0.6 is 0 Å². The van der Waals surface area contributed by atoms with Crippen LogP contribution in [-0.2, 0) is 6.54 Å². The lowest BCUT2D eigenvalue weighted by molar-refractivity contribution is 0.0946. The van der Waals surface area contributed by atoms with Crippen LogP contribution in [0.25, 0.3) is 11.5 Å². The van der Waals surface area contributed by atoms with Gasteiger partial charge in [0.25, 0.3) is 5.91 Å². The van der Waals surface area contributed by atoms with Gasteiger partial charge in [0.1, 0.15) is 6.26 Å². The molecule has 0 spiro atoms. The van der Waals surface area contributed by atoms with Crippen LogP contribution in [0, 0.1) is 6.92 Å². The van der Waals surface area contributed by atoms with Crippen molar-refractivity contribution >= 4 is 11.6 Å². The lowest BCUT2D eigenvalue weighted by Crippen LogP contribution is -2.23. The Morgan fingerprint density at radius 2 is 1.83 bits per heavy atom. The molecule has 2 aromatic carbocycles. The number of nitrogen functional groups attached to an aromatic ring is 1. The summed E-state index contributed by atoms with van der Waals surface area (Å²) in [5.41, 5.74) is 9.56. The first-order valence-electron chi connectivity index (χ1n) is 7.27. The fraction of sp³-hybridized carbons (Fsp3) is 0.111. The van der Waals surface area contributed by atoms with Crippen LogP contribution < -0.4 is 11.1 Å². The second-order valence-electron chi connectivity index (χ2n) is 5.33. The zero-order chi connectivity index (χ0) is 16.2. The first-order chi connectivity index (χ1) is 11.1. The number of carbonyl (C=O) groups is 1. The Bertz CT molecular complexity index is 805. The van der Waals surface area contributed by atoms with Crippen molar-refractivity contribution in [3.05, 3.63) is 71.6 Å². The fourth-order valence-electron chi connectivity index (χ4n) is 2.12. The van der Waals surface area contributed by atoms with E-state index in [1.54, 1.807) is 24.3 Å². The van der Waals surface area contributed by atoms with Gasteiger partial charge in [0.15, 0.2) is 5.69 Å². The quantitative estimate of drug-likeness (QED) is 0.725. The highest BCUT2D eigenvalue weighted by Gasteiger charge is 2.13. The molecule has 5 heteroatoms. The summed E-state index contributed by atoms with van der Waals surface area (Å²) in [6, 6.07) is 15.1. The number of carbonyl (C=O) groups excluding carboxylic acids is 1. The second kappa shape index (κ2) is 6.36. The summed E-state index contributed by atoms with van der Waals surface area (Å²) in [6.07, 6.45) is 1.36. The van der Waals surface area contributed by atoms with E-state index in [-0.39, 0.29) is 11.6 Å². The number of benzene rings is 2. The molecule has 1 amide bonds. The molecule has 5 nitrogen and oxygen atoms in total. The average molecular weight is 307 g/mol. The Morgan fingerprint density at radius 1 is 1.13 bits per heavy atom. The zero-order valence-corrected chi connectivity index (χ0v) is 12.7. The molecule has 0 radical (unpaired) electrons. The Balaban J connectivity index is 1.66. The van der Waals surface area contributed by atoms with Crippen LogP contribution in [0.15, 0.2) is 59.2 Å². The highest BCUT2D eigenvalue weighted by Crippen LogP contribution is 2.19. The van der Waals surface area contributed by atoms with E-state index in [1.807, 2.05) is 31.2 Å². The summed E-state index contributed by atoms with van der Waals surface area (Å²) in [5, 5.41) is 2.83. The molecule has 3 rings (SSSR count). The second-order valence-corrected chi connectivity index (χ2v) is 5.33. The standard InChI is InChI=1S/C18H17N3O2/c1-12-2-4-13(5-3-12)10-20-17(22)16-11-23-18(21-16)14-6-8-15(19)9-7-14/h2-9,11H,10,19H2,1H3,(H,20,22). The molecule has 0 aliphatic carbocycles. The van der Waals surface area contributed by atoms with Crippen LogP contribution in [0.5, 0.6) is 0 Å². The van der Waals surface area contributed by atoms with Crippen LogP contribution in [0.4, 0.5) is 5.69 Å². The van der Waals surface area contributed by atoms with Crippen molar-refractivity contribution in [1.82, 2.24) is 10.3 Å². The molecule has 0 bridgehead atoms. The number of nitrogens with two attached hydrogens (primary N) is 1. The lowest BCUT2D eigenvalue weighted by Gasteiger charge is -2.03. The molecule has 0 fully saturated rings. The van der Waals surface area contributed by atoms with Gasteiger partial charge in [-0.1, -0.05) is 29.8 Å². The van der Waals surface area contributed by atoms with Crippen molar-refractivity contribution in [3.63, 3.8) is 0 Å². The molecule has 1 aromatic heterocycles. The third-order valence-corrected chi connectivity index (χ3v) is 3.47. The highest BCUT2D eigenvalue weighted by atomic mass is 16.3. The van der Waals surface area contributed by atoms with Gasteiger partial charge in [-0.15, -0.1) is 0 Å². The van der Waals surface area contributed by atoms with Crippen molar-refractivity contribution < 1.29 is 9.21 Å². The molecule has 0 aliphatic heterocycles. The Morgan fingerprint density at radius 3 is 2.52 bits per heavy atom. The number of aryl methyl sites for hydroxylation is 1. The summed E-state index contributed by atoms with van der Waals surface area (Å²) >= 11 is 0. The van der Waals surface area contributed by atoms with Gasteiger partial charge in [-0.05, 0) is 36.8 Å². The molecule has 116 valence electrons. The first-order valence-corrected chi connectivity index (χ1v) is 7.27. The molecular formula is C18H17N3O2. The van der Waals surface area contributed by atoms with Crippen molar-refractivity contribution in [3.8, 4) is 11.5 Å². The lowest BCUT2D eigenvalue weighted by atomic mass is 10.1. The van der Waals surface area contributed by atoms with Gasteiger partial charge in [-0.25, -0.2) is 4.98 Å². The van der Waals surface area contributed by atoms with Crippen LogP contribution in [0.1, 0.15) is 21.6 Å². The Hall–Kier alpha value is -3.08. The SMILES string of the molecule is Cc1ccc(CNC(=O)c2coc(-c3ccc(N)cc3)n2)cc1. The number of rotatable bonds is 4. The molecule has 1 heterocycles. The largest absolute Gasteiger partial charge is 0.444 e. The van der Waals surface area contributed by atoms with Gasteiger partial charge >= 0.3 is 0 Å². The number of hydrogen-bond acceptors (Lipinski definition) is 4. The minimum atomic E-state index is -0.268. The molecule has 3 aromatic rings. The van der Waals surface area contributed by atoms with Crippen LogP contribution in [-0.4, -0.2) is 10.9 Å². The number of anilines is 1. The molecule has 23 heavy (non-hydrogen) atoms. The maximum atomic E-state index is 12.1. The van der Waals surface area contributed by atoms with E-state index >= 15 is 0 Å². The first kappa shape index (κ1) is 14.8. The summed E-state index contributed by atoms with van der Waals surface area (Å²) < 4.78 is 5.37. The molecule has 0 saturated heterocycles. The monoisotopic (exact) mass is 307 g/mol. The molecule has 0 unspecified atom stereocenters. The van der Waals surface area contributed by atoms with Gasteiger partial charge < -0.3 is 15.5 Å². The number of nitrogens with zero attached hydrogens (tertiary/aromatic N) is 1. The van der Waals surface area contributed by atoms with E-state index in [0.717, 1.165) is 11.1 Å². The molecule has 0 atom stereocenters. The maximum absolute atomic E-state index is 12.1. The average Bonchev–Trinajstić information content (AvgIpc) is 3.05. The number of oxazole rings is 1. The number of aromatic nitrogens is 1. The van der Waals surface area contributed by atoms with E-state index in [0.29, 0.717) is 18.1 Å². The molecule has 0 aliphatic rings. The summed E-state index contributed by atoms with van der Waals surface area (Å²) in [5.74, 6) is 0.126. The maximum Gasteiger partial charge on any atom is 0.273 e. The number of nitrogens with one attached hydrogen (secondary N) is 1.